The number of unbranched alkanes of at least 4 members (excludes halogenated alkanes) is 2. The average molecular weight is 300 g/mol. The van der Waals surface area contributed by atoms with Gasteiger partial charge in [-0.1, -0.05) is 19.8 Å². The Morgan fingerprint density at radius 1 is 1.24 bits per heavy atom. The third-order valence-corrected chi connectivity index (χ3v) is 3.53. The van der Waals surface area contributed by atoms with Crippen LogP contribution in [-0.2, 0) is 23.8 Å². The lowest BCUT2D eigenvalue weighted by Gasteiger charge is -2.13. The number of carbonyl (C=O) groups excluding carboxylic acids is 2. The topological polar surface area (TPSA) is 61.8 Å². The Kier molecular flexibility index (Phi) is 9.06. The van der Waals surface area contributed by atoms with Crippen LogP contribution in [0.2, 0.25) is 0 Å². The van der Waals surface area contributed by atoms with Crippen molar-refractivity contribution in [3.05, 3.63) is 0 Å². The van der Waals surface area contributed by atoms with Gasteiger partial charge in [-0.15, -0.1) is 0 Å². The van der Waals surface area contributed by atoms with E-state index in [4.69, 9.17) is 14.2 Å². The van der Waals surface area contributed by atoms with Gasteiger partial charge in [0.25, 0.3) is 0 Å². The van der Waals surface area contributed by atoms with E-state index in [9.17, 15) is 9.59 Å². The van der Waals surface area contributed by atoms with E-state index in [2.05, 4.69) is 6.92 Å². The van der Waals surface area contributed by atoms with Gasteiger partial charge in [-0.05, 0) is 32.6 Å². The summed E-state index contributed by atoms with van der Waals surface area (Å²) in [5, 5.41) is 0. The maximum Gasteiger partial charge on any atom is 0.306 e. The molecule has 0 spiro atoms. The number of rotatable bonds is 10. The van der Waals surface area contributed by atoms with Crippen molar-refractivity contribution in [3.8, 4) is 0 Å². The van der Waals surface area contributed by atoms with E-state index in [1.807, 2.05) is 6.92 Å². The number of ether oxygens (including phenoxy) is 3. The van der Waals surface area contributed by atoms with Crippen molar-refractivity contribution in [1.82, 2.24) is 0 Å². The summed E-state index contributed by atoms with van der Waals surface area (Å²) in [7, 11) is 0. The molecule has 0 bridgehead atoms. The van der Waals surface area contributed by atoms with Crippen molar-refractivity contribution in [2.24, 2.45) is 0 Å². The highest BCUT2D eigenvalue weighted by molar-refractivity contribution is 5.77. The van der Waals surface area contributed by atoms with Crippen molar-refractivity contribution in [2.45, 2.75) is 77.4 Å². The molecule has 1 saturated heterocycles. The molecule has 0 saturated carbocycles. The third kappa shape index (κ3) is 8.71. The van der Waals surface area contributed by atoms with Gasteiger partial charge in [0, 0.05) is 6.61 Å². The van der Waals surface area contributed by atoms with E-state index in [-0.39, 0.29) is 37.0 Å². The Balaban J connectivity index is 2.04. The van der Waals surface area contributed by atoms with Crippen LogP contribution in [0.1, 0.15) is 65.2 Å². The van der Waals surface area contributed by atoms with E-state index in [1.54, 1.807) is 0 Å². The normalized spacial score (nSPS) is 19.2. The molecule has 122 valence electrons. The molecule has 0 amide bonds. The summed E-state index contributed by atoms with van der Waals surface area (Å²) < 4.78 is 15.7. The van der Waals surface area contributed by atoms with E-state index in [0.29, 0.717) is 6.61 Å². The fourth-order valence-electron chi connectivity index (χ4n) is 2.26. The minimum Gasteiger partial charge on any atom is -0.463 e. The van der Waals surface area contributed by atoms with Gasteiger partial charge in [0.15, 0.2) is 0 Å². The minimum atomic E-state index is -0.360. The number of carbonyl (C=O) groups is 2. The molecule has 1 aliphatic rings. The number of hydrogen-bond donors (Lipinski definition) is 0. The molecule has 0 N–H and O–H groups in total. The predicted molar refractivity (Wildman–Crippen MR) is 78.9 cm³/mol. The number of esters is 2. The van der Waals surface area contributed by atoms with E-state index in [1.165, 1.54) is 0 Å². The van der Waals surface area contributed by atoms with Crippen molar-refractivity contribution in [3.63, 3.8) is 0 Å². The molecule has 1 rings (SSSR count). The third-order valence-electron chi connectivity index (χ3n) is 3.53. The summed E-state index contributed by atoms with van der Waals surface area (Å²) in [4.78, 5) is 23.1. The second kappa shape index (κ2) is 10.6. The van der Waals surface area contributed by atoms with Crippen molar-refractivity contribution in [1.29, 1.82) is 0 Å². The van der Waals surface area contributed by atoms with E-state index in [0.717, 1.165) is 45.1 Å². The lowest BCUT2D eigenvalue weighted by molar-refractivity contribution is -0.154. The van der Waals surface area contributed by atoms with Crippen LogP contribution in [-0.4, -0.2) is 37.4 Å². The molecule has 0 aromatic rings. The van der Waals surface area contributed by atoms with Crippen LogP contribution in [0.3, 0.4) is 0 Å². The van der Waals surface area contributed by atoms with Crippen LogP contribution in [0.4, 0.5) is 0 Å². The molecule has 2 atom stereocenters. The van der Waals surface area contributed by atoms with Crippen molar-refractivity contribution in [2.75, 3.05) is 13.2 Å². The van der Waals surface area contributed by atoms with Gasteiger partial charge < -0.3 is 14.2 Å². The zero-order valence-electron chi connectivity index (χ0n) is 13.3. The van der Waals surface area contributed by atoms with Crippen LogP contribution in [0.25, 0.3) is 0 Å². The van der Waals surface area contributed by atoms with Crippen molar-refractivity contribution < 1.29 is 23.8 Å². The van der Waals surface area contributed by atoms with Crippen LogP contribution in [0.15, 0.2) is 0 Å². The Labute approximate surface area is 127 Å². The molecule has 1 aliphatic heterocycles. The molecule has 0 aliphatic carbocycles. The van der Waals surface area contributed by atoms with Gasteiger partial charge in [-0.25, -0.2) is 0 Å². The summed E-state index contributed by atoms with van der Waals surface area (Å²) >= 11 is 0. The molecule has 2 unspecified atom stereocenters. The minimum absolute atomic E-state index is 0.0273. The predicted octanol–water partition coefficient (Wildman–Crippen LogP) is 3.00. The Morgan fingerprint density at radius 2 is 2.00 bits per heavy atom. The van der Waals surface area contributed by atoms with Gasteiger partial charge in [0.05, 0.1) is 25.0 Å². The van der Waals surface area contributed by atoms with Gasteiger partial charge in [-0.3, -0.25) is 9.59 Å². The van der Waals surface area contributed by atoms with Gasteiger partial charge in [0.1, 0.15) is 6.61 Å². The molecule has 1 fully saturated rings. The fraction of sp³-hybridized carbons (Fsp3) is 0.875. The van der Waals surface area contributed by atoms with Crippen LogP contribution in [0, 0.1) is 0 Å². The zero-order chi connectivity index (χ0) is 15.5. The van der Waals surface area contributed by atoms with Gasteiger partial charge >= 0.3 is 11.9 Å². The molecular weight excluding hydrogens is 272 g/mol. The largest absolute Gasteiger partial charge is 0.463 e. The Bertz CT molecular complexity index is 310. The molecule has 0 aromatic carbocycles. The van der Waals surface area contributed by atoms with E-state index < -0.39 is 0 Å². The summed E-state index contributed by atoms with van der Waals surface area (Å²) in [6.45, 7) is 5.06. The first-order valence-corrected chi connectivity index (χ1v) is 8.08. The van der Waals surface area contributed by atoms with Gasteiger partial charge in [-0.2, -0.15) is 0 Å². The summed E-state index contributed by atoms with van der Waals surface area (Å²) in [6.07, 6.45) is 6.31. The first-order chi connectivity index (χ1) is 10.1. The molecule has 1 heterocycles. The zero-order valence-corrected chi connectivity index (χ0v) is 13.3. The highest BCUT2D eigenvalue weighted by atomic mass is 16.6. The lowest BCUT2D eigenvalue weighted by Crippen LogP contribution is -2.19. The molecule has 21 heavy (non-hydrogen) atoms. The summed E-state index contributed by atoms with van der Waals surface area (Å²) in [5.41, 5.74) is 0. The average Bonchev–Trinajstić information content (AvgIpc) is 2.96. The van der Waals surface area contributed by atoms with Crippen LogP contribution >= 0.6 is 0 Å². The highest BCUT2D eigenvalue weighted by Crippen LogP contribution is 2.12. The standard InChI is InChI=1S/C16H28O5/c1-3-4-5-7-13(2)21-16(18)10-9-15(17)20-12-14-8-6-11-19-14/h13-14H,3-12H2,1-2H3. The molecule has 5 nitrogen and oxygen atoms in total. The molecule has 0 radical (unpaired) electrons. The van der Waals surface area contributed by atoms with Crippen molar-refractivity contribution >= 4 is 11.9 Å². The second-order valence-electron chi connectivity index (χ2n) is 5.61. The first kappa shape index (κ1) is 18.0. The first-order valence-electron chi connectivity index (χ1n) is 8.08. The molecular formula is C16H28O5. The maximum absolute atomic E-state index is 11.6. The monoisotopic (exact) mass is 300 g/mol. The quantitative estimate of drug-likeness (QED) is 0.458. The lowest BCUT2D eigenvalue weighted by atomic mass is 10.1. The highest BCUT2D eigenvalue weighted by Gasteiger charge is 2.18. The smallest absolute Gasteiger partial charge is 0.306 e. The second-order valence-corrected chi connectivity index (χ2v) is 5.61. The molecule has 5 heteroatoms. The van der Waals surface area contributed by atoms with Crippen LogP contribution < -0.4 is 0 Å². The maximum atomic E-state index is 11.6. The molecule has 0 aromatic heterocycles. The van der Waals surface area contributed by atoms with Gasteiger partial charge in [0.2, 0.25) is 0 Å². The number of hydrogen-bond acceptors (Lipinski definition) is 5. The van der Waals surface area contributed by atoms with Crippen LogP contribution in [0.5, 0.6) is 0 Å². The SMILES string of the molecule is CCCCCC(C)OC(=O)CCC(=O)OCC1CCCO1. The summed E-state index contributed by atoms with van der Waals surface area (Å²) in [6, 6.07) is 0. The van der Waals surface area contributed by atoms with E-state index >= 15 is 0 Å². The fourth-order valence-corrected chi connectivity index (χ4v) is 2.26. The Hall–Kier alpha value is -1.10. The Morgan fingerprint density at radius 3 is 2.67 bits per heavy atom. The summed E-state index contributed by atoms with van der Waals surface area (Å²) in [5.74, 6) is -0.686.